The van der Waals surface area contributed by atoms with Crippen LogP contribution >= 0.6 is 11.6 Å². The maximum Gasteiger partial charge on any atom is 0.227 e. The Labute approximate surface area is 162 Å². The van der Waals surface area contributed by atoms with Gasteiger partial charge in [-0.1, -0.05) is 24.6 Å². The number of ketones is 1. The monoisotopic (exact) mass is 381 g/mol. The molecule has 0 atom stereocenters. The lowest BCUT2D eigenvalue weighted by Gasteiger charge is -2.08. The maximum atomic E-state index is 11.6. The average molecular weight is 382 g/mol. The van der Waals surface area contributed by atoms with Crippen LogP contribution in [0.15, 0.2) is 41.5 Å². The Balaban J connectivity index is 1.92. The smallest absolute Gasteiger partial charge is 0.227 e. The number of carbonyl (C=O) groups is 1. The molecule has 6 nitrogen and oxygen atoms in total. The van der Waals surface area contributed by atoms with Crippen LogP contribution in [-0.2, 0) is 0 Å². The summed E-state index contributed by atoms with van der Waals surface area (Å²) in [6, 6.07) is 7.26. The van der Waals surface area contributed by atoms with Gasteiger partial charge in [0.25, 0.3) is 0 Å². The molecule has 0 unspecified atom stereocenters. The second-order valence-electron chi connectivity index (χ2n) is 5.95. The Morgan fingerprint density at radius 2 is 2.19 bits per heavy atom. The van der Waals surface area contributed by atoms with Crippen LogP contribution < -0.4 is 5.32 Å². The molecular formula is C20H20ClN5O. The number of benzene rings is 1. The van der Waals surface area contributed by atoms with Gasteiger partial charge in [0.1, 0.15) is 0 Å². The van der Waals surface area contributed by atoms with Crippen molar-refractivity contribution < 1.29 is 4.79 Å². The van der Waals surface area contributed by atoms with Crippen LogP contribution in [0.1, 0.15) is 43.4 Å². The number of Topliss-reactive ketones (excluding diaryl/α,β-unsaturated/α-hetero) is 1. The highest BCUT2D eigenvalue weighted by molar-refractivity contribution is 6.35. The molecule has 7 heteroatoms. The third-order valence-corrected chi connectivity index (χ3v) is 4.22. The highest BCUT2D eigenvalue weighted by Crippen LogP contribution is 2.29. The minimum Gasteiger partial charge on any atom is -0.351 e. The van der Waals surface area contributed by atoms with E-state index in [1.807, 2.05) is 38.3 Å². The lowest BCUT2D eigenvalue weighted by atomic mass is 10.2. The number of aromatic amines is 1. The summed E-state index contributed by atoms with van der Waals surface area (Å²) in [6.07, 6.45) is 6.28. The number of nitrogens with zero attached hydrogens (tertiary/aromatic N) is 3. The second-order valence-corrected chi connectivity index (χ2v) is 6.35. The number of fused-ring (bicyclic) bond motifs is 1. The van der Waals surface area contributed by atoms with Gasteiger partial charge in [-0.25, -0.2) is 9.97 Å². The van der Waals surface area contributed by atoms with Gasteiger partial charge in [-0.2, -0.15) is 0 Å². The van der Waals surface area contributed by atoms with Gasteiger partial charge < -0.3 is 10.3 Å². The number of hydrogen-bond donors (Lipinski definition) is 2. The number of aliphatic imine (C=N–C) groups is 1. The van der Waals surface area contributed by atoms with E-state index >= 15 is 0 Å². The molecule has 0 aliphatic heterocycles. The van der Waals surface area contributed by atoms with Crippen molar-refractivity contribution in [3.63, 3.8) is 0 Å². The summed E-state index contributed by atoms with van der Waals surface area (Å²) in [5.41, 5.74) is 3.50. The van der Waals surface area contributed by atoms with Crippen molar-refractivity contribution in [1.82, 2.24) is 15.0 Å². The fourth-order valence-electron chi connectivity index (χ4n) is 2.63. The summed E-state index contributed by atoms with van der Waals surface area (Å²) in [5, 5.41) is 4.52. The normalized spacial score (nSPS) is 12.1. The summed E-state index contributed by atoms with van der Waals surface area (Å²) < 4.78 is 0. The van der Waals surface area contributed by atoms with E-state index < -0.39 is 0 Å². The Kier molecular flexibility index (Phi) is 5.66. The molecule has 0 aliphatic carbocycles. The van der Waals surface area contributed by atoms with E-state index in [1.165, 1.54) is 6.92 Å². The number of rotatable bonds is 6. The predicted molar refractivity (Wildman–Crippen MR) is 111 cm³/mol. The first kappa shape index (κ1) is 18.8. The van der Waals surface area contributed by atoms with Crippen LogP contribution in [0.5, 0.6) is 0 Å². The minimum atomic E-state index is -0.0423. The molecule has 0 bridgehead atoms. The molecule has 3 rings (SSSR count). The molecule has 2 aromatic heterocycles. The van der Waals surface area contributed by atoms with Gasteiger partial charge in [0, 0.05) is 30.4 Å². The Morgan fingerprint density at radius 1 is 1.37 bits per heavy atom. The van der Waals surface area contributed by atoms with Crippen LogP contribution in [0, 0.1) is 0 Å². The number of carbonyl (C=O) groups excluding carboxylic acids is 1. The number of aromatic nitrogens is 3. The lowest BCUT2D eigenvalue weighted by molar-refractivity contribution is 0.101. The number of allylic oxidation sites excluding steroid dienone is 1. The third kappa shape index (κ3) is 4.23. The number of halogens is 1. The van der Waals surface area contributed by atoms with Crippen molar-refractivity contribution in [2.45, 2.75) is 27.2 Å². The van der Waals surface area contributed by atoms with Crippen molar-refractivity contribution in [1.29, 1.82) is 0 Å². The van der Waals surface area contributed by atoms with Crippen LogP contribution in [0.4, 0.5) is 11.6 Å². The fourth-order valence-corrected chi connectivity index (χ4v) is 2.90. The molecule has 138 valence electrons. The number of anilines is 2. The van der Waals surface area contributed by atoms with E-state index in [4.69, 9.17) is 11.6 Å². The van der Waals surface area contributed by atoms with Gasteiger partial charge in [0.2, 0.25) is 5.95 Å². The fraction of sp³-hybridized carbons (Fsp3) is 0.200. The molecule has 0 saturated carbocycles. The van der Waals surface area contributed by atoms with E-state index in [0.717, 1.165) is 34.4 Å². The molecular weight excluding hydrogens is 362 g/mol. The molecule has 0 saturated heterocycles. The van der Waals surface area contributed by atoms with Gasteiger partial charge in [-0.15, -0.1) is 0 Å². The molecule has 0 spiro atoms. The van der Waals surface area contributed by atoms with E-state index in [-0.39, 0.29) is 5.78 Å². The van der Waals surface area contributed by atoms with Gasteiger partial charge >= 0.3 is 0 Å². The largest absolute Gasteiger partial charge is 0.351 e. The predicted octanol–water partition coefficient (Wildman–Crippen LogP) is 5.40. The zero-order valence-corrected chi connectivity index (χ0v) is 16.1. The summed E-state index contributed by atoms with van der Waals surface area (Å²) in [4.78, 5) is 27.8. The van der Waals surface area contributed by atoms with Crippen molar-refractivity contribution in [2.75, 3.05) is 5.32 Å². The van der Waals surface area contributed by atoms with Crippen molar-refractivity contribution in [2.24, 2.45) is 4.99 Å². The third-order valence-electron chi connectivity index (χ3n) is 3.92. The molecule has 3 aromatic rings. The summed E-state index contributed by atoms with van der Waals surface area (Å²) in [5.74, 6) is 0.399. The second kappa shape index (κ2) is 8.14. The van der Waals surface area contributed by atoms with E-state index in [0.29, 0.717) is 16.7 Å². The first-order valence-corrected chi connectivity index (χ1v) is 9.02. The first-order chi connectivity index (χ1) is 13.0. The van der Waals surface area contributed by atoms with Crippen molar-refractivity contribution >= 4 is 51.8 Å². The summed E-state index contributed by atoms with van der Waals surface area (Å²) >= 11 is 6.36. The molecule has 1 aromatic carbocycles. The molecule has 2 N–H and O–H groups in total. The molecule has 0 aliphatic rings. The van der Waals surface area contributed by atoms with Crippen molar-refractivity contribution in [3.8, 4) is 0 Å². The molecule has 2 heterocycles. The highest BCUT2D eigenvalue weighted by Gasteiger charge is 2.10. The van der Waals surface area contributed by atoms with Gasteiger partial charge in [0.15, 0.2) is 5.78 Å². The number of nitrogens with one attached hydrogen (secondary N) is 2. The summed E-state index contributed by atoms with van der Waals surface area (Å²) in [7, 11) is 0. The van der Waals surface area contributed by atoms with Gasteiger partial charge in [-0.3, -0.25) is 9.79 Å². The van der Waals surface area contributed by atoms with Crippen LogP contribution in [-0.4, -0.2) is 26.9 Å². The van der Waals surface area contributed by atoms with Crippen LogP contribution in [0.3, 0.4) is 0 Å². The Hall–Kier alpha value is -2.99. The maximum absolute atomic E-state index is 11.6. The Morgan fingerprint density at radius 3 is 2.89 bits per heavy atom. The van der Waals surface area contributed by atoms with Crippen LogP contribution in [0.2, 0.25) is 5.02 Å². The number of H-pyrrole nitrogens is 1. The quantitative estimate of drug-likeness (QED) is 0.442. The zero-order chi connectivity index (χ0) is 19.4. The van der Waals surface area contributed by atoms with Crippen molar-refractivity contribution in [3.05, 3.63) is 52.9 Å². The highest BCUT2D eigenvalue weighted by atomic mass is 35.5. The number of hydrogen-bond acceptors (Lipinski definition) is 5. The van der Waals surface area contributed by atoms with Gasteiger partial charge in [0.05, 0.1) is 27.6 Å². The SMILES string of the molecule is C/C=C(\N=CCC)c1ccnc(Nc2cc(Cl)c3[nH]c(C(C)=O)cc3c2)n1. The zero-order valence-electron chi connectivity index (χ0n) is 15.4. The van der Waals surface area contributed by atoms with E-state index in [1.54, 1.807) is 18.3 Å². The topological polar surface area (TPSA) is 83.0 Å². The molecule has 0 fully saturated rings. The van der Waals surface area contributed by atoms with Crippen LogP contribution in [0.25, 0.3) is 16.6 Å². The summed E-state index contributed by atoms with van der Waals surface area (Å²) in [6.45, 7) is 5.46. The molecule has 0 amide bonds. The molecule has 0 radical (unpaired) electrons. The standard InChI is InChI=1S/C20H20ClN5O/c1-4-7-22-16(5-2)17-6-8-23-20(26-17)24-14-9-13-10-18(12(3)27)25-19(13)15(21)11-14/h5-11,25H,4H2,1-3H3,(H,23,24,26)/b16-5-,22-7?. The Bertz CT molecular complexity index is 1050. The first-order valence-electron chi connectivity index (χ1n) is 8.64. The van der Waals surface area contributed by atoms with E-state index in [2.05, 4.69) is 25.3 Å². The lowest BCUT2D eigenvalue weighted by Crippen LogP contribution is -1.99. The average Bonchev–Trinajstić information content (AvgIpc) is 3.08. The van der Waals surface area contributed by atoms with E-state index in [9.17, 15) is 4.79 Å². The van der Waals surface area contributed by atoms with Gasteiger partial charge in [-0.05, 0) is 37.6 Å². The minimum absolute atomic E-state index is 0.0423. The molecule has 27 heavy (non-hydrogen) atoms.